The molecule has 6 heteroatoms. The number of carbonyl (C=O) groups excluding carboxylic acids is 2. The Morgan fingerprint density at radius 1 is 1.12 bits per heavy atom. The number of nitrogens with one attached hydrogen (secondary N) is 3. The van der Waals surface area contributed by atoms with Crippen LogP contribution in [-0.4, -0.2) is 11.9 Å². The molecular weight excluding hydrogens is 382 g/mol. The van der Waals surface area contributed by atoms with E-state index in [0.29, 0.717) is 17.0 Å². The highest BCUT2D eigenvalue weighted by atomic mass is 79.9. The van der Waals surface area contributed by atoms with Gasteiger partial charge in [-0.3, -0.25) is 4.79 Å². The van der Waals surface area contributed by atoms with Crippen molar-refractivity contribution in [3.8, 4) is 0 Å². The summed E-state index contributed by atoms with van der Waals surface area (Å²) in [7, 11) is 0. The maximum atomic E-state index is 12.9. The van der Waals surface area contributed by atoms with Gasteiger partial charge in [0.25, 0.3) is 5.91 Å². The van der Waals surface area contributed by atoms with Crippen molar-refractivity contribution < 1.29 is 9.59 Å². The Hall–Kier alpha value is -2.60. The number of amides is 3. The number of hydrogen-bond acceptors (Lipinski definition) is 2. The minimum absolute atomic E-state index is 0.251. The average molecular weight is 400 g/mol. The van der Waals surface area contributed by atoms with Crippen molar-refractivity contribution in [1.82, 2.24) is 10.6 Å². The summed E-state index contributed by atoms with van der Waals surface area (Å²) in [5.41, 5.74) is 3.66. The van der Waals surface area contributed by atoms with E-state index in [9.17, 15) is 9.59 Å². The van der Waals surface area contributed by atoms with Gasteiger partial charge in [0.05, 0.1) is 11.6 Å². The molecule has 3 N–H and O–H groups in total. The first kappa shape index (κ1) is 17.2. The lowest BCUT2D eigenvalue weighted by molar-refractivity contribution is -0.113. The number of hydrogen-bond donors (Lipinski definition) is 3. The second-order valence-corrected chi connectivity index (χ2v) is 6.86. The first-order valence-corrected chi connectivity index (χ1v) is 8.65. The molecule has 25 heavy (non-hydrogen) atoms. The third kappa shape index (κ3) is 3.91. The first-order chi connectivity index (χ1) is 11.9. The van der Waals surface area contributed by atoms with Gasteiger partial charge in [-0.1, -0.05) is 45.8 Å². The van der Waals surface area contributed by atoms with Gasteiger partial charge in [-0.2, -0.15) is 0 Å². The van der Waals surface area contributed by atoms with E-state index < -0.39 is 6.04 Å². The fourth-order valence-electron chi connectivity index (χ4n) is 2.83. The second-order valence-electron chi connectivity index (χ2n) is 5.95. The minimum atomic E-state index is -0.496. The van der Waals surface area contributed by atoms with Crippen LogP contribution in [0.1, 0.15) is 24.1 Å². The highest BCUT2D eigenvalue weighted by Gasteiger charge is 2.31. The second kappa shape index (κ2) is 7.11. The summed E-state index contributed by atoms with van der Waals surface area (Å²) < 4.78 is 0.935. The van der Waals surface area contributed by atoms with Crippen LogP contribution in [0.2, 0.25) is 0 Å². The van der Waals surface area contributed by atoms with Gasteiger partial charge in [0.2, 0.25) is 0 Å². The van der Waals surface area contributed by atoms with Crippen LogP contribution in [0.5, 0.6) is 0 Å². The molecule has 0 bridgehead atoms. The van der Waals surface area contributed by atoms with Gasteiger partial charge in [-0.05, 0) is 43.7 Å². The van der Waals surface area contributed by atoms with Crippen molar-refractivity contribution in [2.75, 3.05) is 5.32 Å². The van der Waals surface area contributed by atoms with Crippen molar-refractivity contribution in [3.05, 3.63) is 75.4 Å². The molecule has 0 aliphatic carbocycles. The summed E-state index contributed by atoms with van der Waals surface area (Å²) >= 11 is 3.37. The van der Waals surface area contributed by atoms with Crippen LogP contribution in [0, 0.1) is 6.92 Å². The molecule has 3 amide bonds. The Kier molecular flexibility index (Phi) is 4.90. The molecule has 1 atom stereocenters. The molecule has 128 valence electrons. The zero-order valence-electron chi connectivity index (χ0n) is 13.9. The number of rotatable bonds is 3. The van der Waals surface area contributed by atoms with Crippen LogP contribution >= 0.6 is 15.9 Å². The van der Waals surface area contributed by atoms with Crippen molar-refractivity contribution in [1.29, 1.82) is 0 Å². The van der Waals surface area contributed by atoms with Gasteiger partial charge in [0.15, 0.2) is 0 Å². The Bertz CT molecular complexity index is 859. The van der Waals surface area contributed by atoms with Gasteiger partial charge < -0.3 is 16.0 Å². The zero-order valence-corrected chi connectivity index (χ0v) is 15.5. The molecule has 0 saturated carbocycles. The van der Waals surface area contributed by atoms with E-state index in [2.05, 4.69) is 31.9 Å². The molecule has 1 aliphatic rings. The summed E-state index contributed by atoms with van der Waals surface area (Å²) in [6.07, 6.45) is 0. The topological polar surface area (TPSA) is 70.2 Å². The lowest BCUT2D eigenvalue weighted by atomic mass is 9.94. The van der Waals surface area contributed by atoms with E-state index >= 15 is 0 Å². The minimum Gasteiger partial charge on any atom is -0.327 e. The lowest BCUT2D eigenvalue weighted by Crippen LogP contribution is -2.46. The number of benzene rings is 2. The molecule has 1 heterocycles. The fourth-order valence-corrected chi connectivity index (χ4v) is 3.09. The molecule has 2 aromatic rings. The van der Waals surface area contributed by atoms with Gasteiger partial charge in [0.1, 0.15) is 0 Å². The predicted molar refractivity (Wildman–Crippen MR) is 101 cm³/mol. The van der Waals surface area contributed by atoms with Crippen LogP contribution in [0.25, 0.3) is 0 Å². The molecule has 0 fully saturated rings. The highest BCUT2D eigenvalue weighted by Crippen LogP contribution is 2.28. The number of halogens is 1. The van der Waals surface area contributed by atoms with Gasteiger partial charge in [-0.25, -0.2) is 4.79 Å². The maximum absolute atomic E-state index is 12.9. The molecule has 1 aliphatic heterocycles. The molecule has 2 aromatic carbocycles. The number of allylic oxidation sites excluding steroid dienone is 1. The molecule has 0 unspecified atom stereocenters. The van der Waals surface area contributed by atoms with Gasteiger partial charge >= 0.3 is 6.03 Å². The van der Waals surface area contributed by atoms with E-state index in [4.69, 9.17) is 0 Å². The average Bonchev–Trinajstić information content (AvgIpc) is 2.56. The third-order valence-electron chi connectivity index (χ3n) is 3.99. The zero-order chi connectivity index (χ0) is 18.0. The van der Waals surface area contributed by atoms with E-state index in [0.717, 1.165) is 15.6 Å². The Labute approximate surface area is 154 Å². The standard InChI is InChI=1S/C19H18BrN3O2/c1-11-4-3-5-13(10-11)17-16(12(2)21-19(25)23-17)18(24)22-15-8-6-14(20)7-9-15/h3-10,17H,1-2H3,(H,22,24)(H2,21,23,25)/t17-/m1/s1. The number of urea groups is 1. The van der Waals surface area contributed by atoms with E-state index in [1.807, 2.05) is 55.5 Å². The van der Waals surface area contributed by atoms with Crippen LogP contribution in [0.4, 0.5) is 10.5 Å². The SMILES string of the molecule is CC1=C(C(=O)Nc2ccc(Br)cc2)[C@@H](c2cccc(C)c2)NC(=O)N1. The Morgan fingerprint density at radius 3 is 2.52 bits per heavy atom. The van der Waals surface area contributed by atoms with E-state index in [1.54, 1.807) is 6.92 Å². The lowest BCUT2D eigenvalue weighted by Gasteiger charge is -2.29. The third-order valence-corrected chi connectivity index (χ3v) is 4.52. The summed E-state index contributed by atoms with van der Waals surface area (Å²) in [5, 5.41) is 8.41. The summed E-state index contributed by atoms with van der Waals surface area (Å²) in [6.45, 7) is 3.71. The largest absolute Gasteiger partial charge is 0.327 e. The van der Waals surface area contributed by atoms with Crippen molar-refractivity contribution in [3.63, 3.8) is 0 Å². The molecule has 0 saturated heterocycles. The number of aryl methyl sites for hydroxylation is 1. The van der Waals surface area contributed by atoms with Crippen molar-refractivity contribution in [2.24, 2.45) is 0 Å². The van der Waals surface area contributed by atoms with Crippen LogP contribution in [0.3, 0.4) is 0 Å². The quantitative estimate of drug-likeness (QED) is 0.728. The van der Waals surface area contributed by atoms with Crippen molar-refractivity contribution >= 4 is 33.6 Å². The van der Waals surface area contributed by atoms with Crippen LogP contribution in [-0.2, 0) is 4.79 Å². The summed E-state index contributed by atoms with van der Waals surface area (Å²) in [6, 6.07) is 14.3. The molecule has 5 nitrogen and oxygen atoms in total. The summed E-state index contributed by atoms with van der Waals surface area (Å²) in [4.78, 5) is 24.8. The molecular formula is C19H18BrN3O2. The maximum Gasteiger partial charge on any atom is 0.319 e. The molecule has 0 aromatic heterocycles. The van der Waals surface area contributed by atoms with Crippen LogP contribution < -0.4 is 16.0 Å². The predicted octanol–water partition coefficient (Wildman–Crippen LogP) is 4.02. The van der Waals surface area contributed by atoms with Crippen molar-refractivity contribution in [2.45, 2.75) is 19.9 Å². The van der Waals surface area contributed by atoms with E-state index in [-0.39, 0.29) is 11.9 Å². The normalized spacial score (nSPS) is 16.9. The Morgan fingerprint density at radius 2 is 1.84 bits per heavy atom. The fraction of sp³-hybridized carbons (Fsp3) is 0.158. The monoisotopic (exact) mass is 399 g/mol. The number of anilines is 1. The van der Waals surface area contributed by atoms with Gasteiger partial charge in [0, 0.05) is 15.9 Å². The number of carbonyl (C=O) groups is 2. The first-order valence-electron chi connectivity index (χ1n) is 7.86. The molecule has 3 rings (SSSR count). The Balaban J connectivity index is 1.94. The highest BCUT2D eigenvalue weighted by molar-refractivity contribution is 9.10. The smallest absolute Gasteiger partial charge is 0.319 e. The van der Waals surface area contributed by atoms with Crippen LogP contribution in [0.15, 0.2) is 64.3 Å². The van der Waals surface area contributed by atoms with E-state index in [1.165, 1.54) is 0 Å². The molecule has 0 radical (unpaired) electrons. The van der Waals surface area contributed by atoms with Gasteiger partial charge in [-0.15, -0.1) is 0 Å². The molecule has 0 spiro atoms. The summed E-state index contributed by atoms with van der Waals surface area (Å²) in [5.74, 6) is -0.251.